The van der Waals surface area contributed by atoms with Gasteiger partial charge in [-0.15, -0.1) is 6.58 Å². The first-order valence-corrected chi connectivity index (χ1v) is 6.81. The summed E-state index contributed by atoms with van der Waals surface area (Å²) in [7, 11) is 0. The van der Waals surface area contributed by atoms with Crippen LogP contribution in [0.3, 0.4) is 0 Å². The first-order chi connectivity index (χ1) is 9.74. The lowest BCUT2D eigenvalue weighted by Gasteiger charge is -2.28. The zero-order valence-electron chi connectivity index (χ0n) is 11.7. The van der Waals surface area contributed by atoms with Gasteiger partial charge in [0, 0.05) is 0 Å². The molecule has 2 aromatic carbocycles. The number of ether oxygens (including phenoxy) is 1. The predicted molar refractivity (Wildman–Crippen MR) is 83.2 cm³/mol. The third-order valence-electron chi connectivity index (χ3n) is 3.33. The highest BCUT2D eigenvalue weighted by atomic mass is 16.5. The minimum atomic E-state index is -0.516. The molecule has 0 bridgehead atoms. The Morgan fingerprint density at radius 1 is 1.00 bits per heavy atom. The van der Waals surface area contributed by atoms with Crippen LogP contribution >= 0.6 is 0 Å². The van der Waals surface area contributed by atoms with Gasteiger partial charge in [0.2, 0.25) is 0 Å². The maximum atomic E-state index is 6.50. The normalized spacial score (nSPS) is 13.7. The molecule has 104 valence electrons. The van der Waals surface area contributed by atoms with Gasteiger partial charge in [-0.2, -0.15) is 0 Å². The summed E-state index contributed by atoms with van der Waals surface area (Å²) in [6, 6.07) is 20.2. The van der Waals surface area contributed by atoms with E-state index in [1.54, 1.807) is 0 Å². The second-order valence-electron chi connectivity index (χ2n) is 4.99. The SMILES string of the molecule is C=CC[C@](N)(COCc1ccccc1)c1ccccc1. The van der Waals surface area contributed by atoms with Crippen molar-refractivity contribution in [1.29, 1.82) is 0 Å². The standard InChI is InChI=1S/C18H21NO/c1-2-13-18(19,17-11-7-4-8-12-17)15-20-14-16-9-5-3-6-10-16/h2-12H,1,13-15,19H2/t18-/m0/s1. The smallest absolute Gasteiger partial charge is 0.0717 e. The van der Waals surface area contributed by atoms with E-state index in [1.165, 1.54) is 0 Å². The van der Waals surface area contributed by atoms with Crippen LogP contribution in [0.15, 0.2) is 73.3 Å². The summed E-state index contributed by atoms with van der Waals surface area (Å²) in [5, 5.41) is 0. The Morgan fingerprint density at radius 2 is 1.60 bits per heavy atom. The van der Waals surface area contributed by atoms with Crippen LogP contribution in [0.5, 0.6) is 0 Å². The van der Waals surface area contributed by atoms with Crippen molar-refractivity contribution in [3.05, 3.63) is 84.4 Å². The monoisotopic (exact) mass is 267 g/mol. The number of nitrogens with two attached hydrogens (primary N) is 1. The molecule has 0 radical (unpaired) electrons. The van der Waals surface area contributed by atoms with E-state index < -0.39 is 5.54 Å². The molecule has 2 N–H and O–H groups in total. The van der Waals surface area contributed by atoms with E-state index in [1.807, 2.05) is 66.7 Å². The van der Waals surface area contributed by atoms with Crippen molar-refractivity contribution in [3.8, 4) is 0 Å². The minimum Gasteiger partial charge on any atom is -0.374 e. The average Bonchev–Trinajstić information content (AvgIpc) is 2.49. The molecule has 0 amide bonds. The molecule has 2 rings (SSSR count). The largest absolute Gasteiger partial charge is 0.374 e. The third-order valence-corrected chi connectivity index (χ3v) is 3.33. The molecule has 20 heavy (non-hydrogen) atoms. The van der Waals surface area contributed by atoms with Crippen molar-refractivity contribution in [3.63, 3.8) is 0 Å². The van der Waals surface area contributed by atoms with Gasteiger partial charge in [0.05, 0.1) is 18.8 Å². The average molecular weight is 267 g/mol. The highest BCUT2D eigenvalue weighted by Crippen LogP contribution is 2.23. The lowest BCUT2D eigenvalue weighted by molar-refractivity contribution is 0.0728. The summed E-state index contributed by atoms with van der Waals surface area (Å²) < 4.78 is 5.82. The Labute approximate surface area is 120 Å². The van der Waals surface area contributed by atoms with Crippen LogP contribution in [-0.2, 0) is 16.9 Å². The highest BCUT2D eigenvalue weighted by Gasteiger charge is 2.26. The van der Waals surface area contributed by atoms with Crippen molar-refractivity contribution in [1.82, 2.24) is 0 Å². The Balaban J connectivity index is 2.01. The van der Waals surface area contributed by atoms with Crippen molar-refractivity contribution in [2.75, 3.05) is 6.61 Å². The number of rotatable bonds is 7. The Morgan fingerprint density at radius 3 is 2.20 bits per heavy atom. The van der Waals surface area contributed by atoms with Gasteiger partial charge in [-0.05, 0) is 17.5 Å². The lowest BCUT2D eigenvalue weighted by Crippen LogP contribution is -2.41. The van der Waals surface area contributed by atoms with Gasteiger partial charge in [0.25, 0.3) is 0 Å². The molecule has 0 heterocycles. The number of hydrogen-bond acceptors (Lipinski definition) is 2. The molecule has 0 spiro atoms. The van der Waals surface area contributed by atoms with E-state index in [0.717, 1.165) is 11.1 Å². The van der Waals surface area contributed by atoms with Crippen molar-refractivity contribution >= 4 is 0 Å². The van der Waals surface area contributed by atoms with Crippen molar-refractivity contribution in [2.45, 2.75) is 18.6 Å². The van der Waals surface area contributed by atoms with E-state index in [9.17, 15) is 0 Å². The van der Waals surface area contributed by atoms with Gasteiger partial charge in [-0.25, -0.2) is 0 Å². The quantitative estimate of drug-likeness (QED) is 0.777. The van der Waals surface area contributed by atoms with Gasteiger partial charge in [-0.1, -0.05) is 66.7 Å². The van der Waals surface area contributed by atoms with E-state index in [4.69, 9.17) is 10.5 Å². The molecule has 2 heteroatoms. The van der Waals surface area contributed by atoms with Crippen LogP contribution in [0.25, 0.3) is 0 Å². The summed E-state index contributed by atoms with van der Waals surface area (Å²) in [6.45, 7) is 4.85. The summed E-state index contributed by atoms with van der Waals surface area (Å²) in [5.41, 5.74) is 8.21. The zero-order chi connectivity index (χ0) is 14.3. The molecule has 0 saturated heterocycles. The fraction of sp³-hybridized carbons (Fsp3) is 0.222. The fourth-order valence-electron chi connectivity index (χ4n) is 2.21. The Bertz CT molecular complexity index is 524. The highest BCUT2D eigenvalue weighted by molar-refractivity contribution is 5.25. The molecule has 0 aliphatic carbocycles. The molecule has 0 saturated carbocycles. The number of hydrogen-bond donors (Lipinski definition) is 1. The molecule has 0 unspecified atom stereocenters. The molecular formula is C18H21NO. The van der Waals surface area contributed by atoms with Gasteiger partial charge in [0.1, 0.15) is 0 Å². The Kier molecular flexibility index (Phi) is 5.10. The fourth-order valence-corrected chi connectivity index (χ4v) is 2.21. The molecule has 0 aromatic heterocycles. The van der Waals surface area contributed by atoms with E-state index >= 15 is 0 Å². The minimum absolute atomic E-state index is 0.470. The van der Waals surface area contributed by atoms with E-state index in [-0.39, 0.29) is 0 Å². The molecule has 2 aromatic rings. The van der Waals surface area contributed by atoms with Crippen LogP contribution in [0, 0.1) is 0 Å². The molecule has 0 aliphatic rings. The summed E-state index contributed by atoms with van der Waals surface area (Å²) in [5.74, 6) is 0. The first-order valence-electron chi connectivity index (χ1n) is 6.81. The summed E-state index contributed by atoms with van der Waals surface area (Å²) in [6.07, 6.45) is 2.53. The van der Waals surface area contributed by atoms with Gasteiger partial charge >= 0.3 is 0 Å². The van der Waals surface area contributed by atoms with Crippen LogP contribution in [-0.4, -0.2) is 6.61 Å². The van der Waals surface area contributed by atoms with E-state index in [2.05, 4.69) is 6.58 Å². The third kappa shape index (κ3) is 3.80. The number of benzene rings is 2. The lowest BCUT2D eigenvalue weighted by atomic mass is 9.88. The molecule has 1 atom stereocenters. The second kappa shape index (κ2) is 7.04. The summed E-state index contributed by atoms with van der Waals surface area (Å²) in [4.78, 5) is 0. The maximum absolute atomic E-state index is 6.50. The van der Waals surface area contributed by atoms with Crippen molar-refractivity contribution < 1.29 is 4.74 Å². The molecular weight excluding hydrogens is 246 g/mol. The van der Waals surface area contributed by atoms with E-state index in [0.29, 0.717) is 19.6 Å². The molecule has 0 fully saturated rings. The van der Waals surface area contributed by atoms with Crippen LogP contribution < -0.4 is 5.73 Å². The summed E-state index contributed by atoms with van der Waals surface area (Å²) >= 11 is 0. The molecule has 0 aliphatic heterocycles. The van der Waals surface area contributed by atoms with Crippen LogP contribution in [0.4, 0.5) is 0 Å². The van der Waals surface area contributed by atoms with Crippen LogP contribution in [0.2, 0.25) is 0 Å². The van der Waals surface area contributed by atoms with Gasteiger partial charge < -0.3 is 10.5 Å². The zero-order valence-corrected chi connectivity index (χ0v) is 11.7. The molecule has 2 nitrogen and oxygen atoms in total. The van der Waals surface area contributed by atoms with Crippen molar-refractivity contribution in [2.24, 2.45) is 5.73 Å². The van der Waals surface area contributed by atoms with Gasteiger partial charge in [0.15, 0.2) is 0 Å². The first kappa shape index (κ1) is 14.5. The second-order valence-corrected chi connectivity index (χ2v) is 4.99. The topological polar surface area (TPSA) is 35.2 Å². The Hall–Kier alpha value is -1.90. The predicted octanol–water partition coefficient (Wildman–Crippen LogP) is 3.63. The maximum Gasteiger partial charge on any atom is 0.0717 e. The van der Waals surface area contributed by atoms with Gasteiger partial charge in [-0.3, -0.25) is 0 Å². The van der Waals surface area contributed by atoms with Crippen LogP contribution in [0.1, 0.15) is 17.5 Å².